The number of hydrogen-bond acceptors (Lipinski definition) is 7. The van der Waals surface area contributed by atoms with Crippen molar-refractivity contribution >= 4 is 18.2 Å². The number of aldehydes is 1. The minimum Gasteiger partial charge on any atom is -0.480 e. The molecule has 9 nitrogen and oxygen atoms in total. The molecule has 9 heteroatoms. The van der Waals surface area contributed by atoms with Gasteiger partial charge in [-0.15, -0.1) is 0 Å². The number of carbonyl (C=O) groups excluding carboxylic acids is 1. The van der Waals surface area contributed by atoms with Crippen LogP contribution in [0.2, 0.25) is 0 Å². The van der Waals surface area contributed by atoms with E-state index >= 15 is 0 Å². The Morgan fingerprint density at radius 3 is 1.68 bits per heavy atom. The van der Waals surface area contributed by atoms with Gasteiger partial charge in [-0.3, -0.25) is 9.59 Å². The maximum atomic E-state index is 10.5. The molecule has 0 aliphatic rings. The van der Waals surface area contributed by atoms with Gasteiger partial charge in [-0.2, -0.15) is 0 Å². The van der Waals surface area contributed by atoms with Gasteiger partial charge in [0.05, 0.1) is 0 Å². The monoisotopic (exact) mass is 511 g/mol. The first-order chi connectivity index (χ1) is 17.8. The van der Waals surface area contributed by atoms with Crippen LogP contribution in [0.5, 0.6) is 0 Å². The van der Waals surface area contributed by atoms with E-state index < -0.39 is 24.6 Å². The Labute approximate surface area is 217 Å². The second-order valence-electron chi connectivity index (χ2n) is 7.56. The van der Waals surface area contributed by atoms with Crippen molar-refractivity contribution in [3.63, 3.8) is 0 Å². The van der Waals surface area contributed by atoms with E-state index in [0.29, 0.717) is 24.9 Å². The van der Waals surface area contributed by atoms with E-state index in [-0.39, 0.29) is 0 Å². The molecule has 37 heavy (non-hydrogen) atoms. The molecule has 0 aliphatic carbocycles. The summed E-state index contributed by atoms with van der Waals surface area (Å²) < 4.78 is 0. The van der Waals surface area contributed by atoms with Gasteiger partial charge in [0.25, 0.3) is 0 Å². The second kappa shape index (κ2) is 21.4. The molecule has 0 bridgehead atoms. The first-order valence-electron chi connectivity index (χ1n) is 11.6. The van der Waals surface area contributed by atoms with Gasteiger partial charge in [0, 0.05) is 5.56 Å². The summed E-state index contributed by atoms with van der Waals surface area (Å²) in [7, 11) is 0. The van der Waals surface area contributed by atoms with Crippen LogP contribution in [0.25, 0.3) is 11.1 Å². The summed E-state index contributed by atoms with van der Waals surface area (Å²) in [5, 5.41) is 23.3. The molecule has 200 valence electrons. The van der Waals surface area contributed by atoms with Crippen LogP contribution in [-0.2, 0) is 16.0 Å². The average Bonchev–Trinajstić information content (AvgIpc) is 2.94. The van der Waals surface area contributed by atoms with E-state index in [1.54, 1.807) is 0 Å². The molecule has 0 radical (unpaired) electrons. The molecule has 1 unspecified atom stereocenters. The summed E-state index contributed by atoms with van der Waals surface area (Å²) in [6.07, 6.45) is 2.98. The van der Waals surface area contributed by atoms with Crippen LogP contribution < -0.4 is 17.2 Å². The maximum absolute atomic E-state index is 10.5. The number of nitrogens with two attached hydrogens (primary N) is 3. The number of carbonyl (C=O) groups is 3. The number of carboxylic acids is 2. The van der Waals surface area contributed by atoms with Crippen molar-refractivity contribution in [1.29, 1.82) is 0 Å². The lowest BCUT2D eigenvalue weighted by Crippen LogP contribution is -2.30. The van der Waals surface area contributed by atoms with E-state index in [0.717, 1.165) is 24.8 Å². The first kappa shape index (κ1) is 33.1. The number of benzene rings is 3. The van der Waals surface area contributed by atoms with Crippen molar-refractivity contribution < 1.29 is 29.7 Å². The number of rotatable bonds is 9. The molecule has 0 saturated heterocycles. The normalized spacial score (nSPS) is 10.2. The van der Waals surface area contributed by atoms with Crippen molar-refractivity contribution in [1.82, 2.24) is 0 Å². The topological polar surface area (TPSA) is 190 Å². The smallest absolute Gasteiger partial charge is 0.329 e. The van der Waals surface area contributed by atoms with E-state index in [9.17, 15) is 9.59 Å². The quantitative estimate of drug-likeness (QED) is 0.234. The van der Waals surface area contributed by atoms with Gasteiger partial charge in [0.1, 0.15) is 18.9 Å². The average molecular weight is 512 g/mol. The van der Waals surface area contributed by atoms with Crippen LogP contribution in [0.1, 0.15) is 28.8 Å². The largest absolute Gasteiger partial charge is 0.480 e. The summed E-state index contributed by atoms with van der Waals surface area (Å²) in [4.78, 5) is 29.6. The molecule has 1 atom stereocenters. The van der Waals surface area contributed by atoms with Gasteiger partial charge in [-0.25, -0.2) is 4.79 Å². The SMILES string of the molecule is NCCCC(N)C(=O)O.NCCc1ccccc1.O=C(O)CO.O=Cc1ccc(-c2ccccc2)cc1. The number of aliphatic hydroxyl groups is 1. The lowest BCUT2D eigenvalue weighted by atomic mass is 10.0. The first-order valence-corrected chi connectivity index (χ1v) is 11.6. The van der Waals surface area contributed by atoms with Crippen molar-refractivity contribution in [2.75, 3.05) is 19.7 Å². The van der Waals surface area contributed by atoms with Gasteiger partial charge < -0.3 is 32.5 Å². The summed E-state index contributed by atoms with van der Waals surface area (Å²) in [5.41, 5.74) is 20.0. The third-order valence-electron chi connectivity index (χ3n) is 4.60. The summed E-state index contributed by atoms with van der Waals surface area (Å²) in [5.74, 6) is -2.14. The van der Waals surface area contributed by atoms with Crippen LogP contribution in [0.15, 0.2) is 84.9 Å². The molecular weight excluding hydrogens is 474 g/mol. The minimum absolute atomic E-state index is 0.464. The van der Waals surface area contributed by atoms with Crippen LogP contribution in [-0.4, -0.2) is 59.3 Å². The van der Waals surface area contributed by atoms with Crippen LogP contribution in [0.4, 0.5) is 0 Å². The predicted molar refractivity (Wildman–Crippen MR) is 145 cm³/mol. The zero-order valence-corrected chi connectivity index (χ0v) is 20.8. The Kier molecular flexibility index (Phi) is 19.1. The summed E-state index contributed by atoms with van der Waals surface area (Å²) in [6, 6.07) is 27.2. The molecule has 0 saturated carbocycles. The van der Waals surface area contributed by atoms with E-state index in [2.05, 4.69) is 24.3 Å². The van der Waals surface area contributed by atoms with Crippen molar-refractivity contribution in [2.24, 2.45) is 17.2 Å². The van der Waals surface area contributed by atoms with Crippen molar-refractivity contribution in [2.45, 2.75) is 25.3 Å². The fourth-order valence-corrected chi connectivity index (χ4v) is 2.66. The lowest BCUT2D eigenvalue weighted by Gasteiger charge is -2.02. The molecule has 3 aromatic rings. The molecular formula is C28H37N3O6. The maximum Gasteiger partial charge on any atom is 0.329 e. The Morgan fingerprint density at radius 2 is 1.27 bits per heavy atom. The number of carboxylic acid groups (broad SMARTS) is 2. The van der Waals surface area contributed by atoms with Crippen LogP contribution in [0, 0.1) is 0 Å². The molecule has 0 spiro atoms. The summed E-state index contributed by atoms with van der Waals surface area (Å²) in [6.45, 7) is 0.463. The fraction of sp³-hybridized carbons (Fsp3) is 0.250. The molecule has 0 aromatic heterocycles. The number of aliphatic carboxylic acids is 2. The van der Waals surface area contributed by atoms with Gasteiger partial charge in [0.2, 0.25) is 0 Å². The third-order valence-corrected chi connectivity index (χ3v) is 4.60. The van der Waals surface area contributed by atoms with Crippen LogP contribution >= 0.6 is 0 Å². The standard InChI is InChI=1S/C13H10O.C8H11N.C5H12N2O2.C2H4O3/c14-10-11-6-8-13(9-7-11)12-4-2-1-3-5-12;9-7-6-8-4-2-1-3-5-8;6-3-1-2-4(7)5(8)9;3-1-2(4)5/h1-10H;1-5H,6-7,9H2;4H,1-3,6-7H2,(H,8,9);3H,1H2,(H,4,5). The Hall–Kier alpha value is -3.89. The number of aliphatic hydroxyl groups excluding tert-OH is 1. The predicted octanol–water partition coefficient (Wildman–Crippen LogP) is 2.55. The minimum atomic E-state index is -1.19. The Bertz CT molecular complexity index is 999. The number of hydrogen-bond donors (Lipinski definition) is 6. The fourth-order valence-electron chi connectivity index (χ4n) is 2.66. The van der Waals surface area contributed by atoms with Crippen LogP contribution in [0.3, 0.4) is 0 Å². The zero-order chi connectivity index (χ0) is 27.9. The molecule has 0 aliphatic heterocycles. The molecule has 3 rings (SSSR count). The molecule has 0 fully saturated rings. The molecule has 0 amide bonds. The van der Waals surface area contributed by atoms with Gasteiger partial charge >= 0.3 is 11.9 Å². The Balaban J connectivity index is 0.000000498. The molecule has 3 aromatic carbocycles. The highest BCUT2D eigenvalue weighted by atomic mass is 16.4. The van der Waals surface area contributed by atoms with Gasteiger partial charge in [-0.1, -0.05) is 84.9 Å². The highest BCUT2D eigenvalue weighted by Crippen LogP contribution is 2.18. The highest BCUT2D eigenvalue weighted by Gasteiger charge is 2.08. The van der Waals surface area contributed by atoms with E-state index in [1.807, 2.05) is 60.7 Å². The zero-order valence-electron chi connectivity index (χ0n) is 20.8. The van der Waals surface area contributed by atoms with Crippen molar-refractivity contribution in [3.8, 4) is 11.1 Å². The van der Waals surface area contributed by atoms with E-state index in [4.69, 9.17) is 37.3 Å². The lowest BCUT2D eigenvalue weighted by molar-refractivity contribution is -0.140. The third kappa shape index (κ3) is 17.2. The summed E-state index contributed by atoms with van der Waals surface area (Å²) >= 11 is 0. The molecule has 9 N–H and O–H groups in total. The van der Waals surface area contributed by atoms with Crippen molar-refractivity contribution in [3.05, 3.63) is 96.1 Å². The Morgan fingerprint density at radius 1 is 0.784 bits per heavy atom. The van der Waals surface area contributed by atoms with E-state index in [1.165, 1.54) is 11.1 Å². The highest BCUT2D eigenvalue weighted by molar-refractivity contribution is 5.76. The second-order valence-corrected chi connectivity index (χ2v) is 7.56. The molecule has 0 heterocycles. The van der Waals surface area contributed by atoms with Gasteiger partial charge in [0.15, 0.2) is 0 Å². The van der Waals surface area contributed by atoms with Gasteiger partial charge in [-0.05, 0) is 49.0 Å².